The first-order chi connectivity index (χ1) is 9.88. The Hall–Kier alpha value is -1.78. The summed E-state index contributed by atoms with van der Waals surface area (Å²) in [5, 5.41) is 10.7. The third kappa shape index (κ3) is 3.65. The third-order valence-electron chi connectivity index (χ3n) is 4.44. The van der Waals surface area contributed by atoms with E-state index in [0.717, 1.165) is 12.8 Å². The summed E-state index contributed by atoms with van der Waals surface area (Å²) >= 11 is 0. The second kappa shape index (κ2) is 6.33. The molecule has 1 fully saturated rings. The minimum atomic E-state index is -0.445. The molecule has 0 saturated heterocycles. The monoisotopic (exact) mass is 292 g/mol. The highest BCUT2D eigenvalue weighted by Crippen LogP contribution is 2.37. The van der Waals surface area contributed by atoms with Crippen molar-refractivity contribution in [2.45, 2.75) is 46.1 Å². The van der Waals surface area contributed by atoms with Crippen molar-refractivity contribution >= 4 is 11.4 Å². The third-order valence-corrected chi connectivity index (χ3v) is 4.44. The highest BCUT2D eigenvalue weighted by Gasteiger charge is 2.32. The SMILES string of the molecule is CC1CCC(C(C)C)C(Oc2ccc([N+](=O)[O-])cc2N)C1. The fraction of sp³-hybridized carbons (Fsp3) is 0.625. The minimum Gasteiger partial charge on any atom is -0.488 e. The second-order valence-corrected chi connectivity index (χ2v) is 6.46. The number of hydrogen-bond donors (Lipinski definition) is 1. The van der Waals surface area contributed by atoms with E-state index in [9.17, 15) is 10.1 Å². The van der Waals surface area contributed by atoms with Gasteiger partial charge in [0.15, 0.2) is 0 Å². The van der Waals surface area contributed by atoms with Crippen LogP contribution in [0.5, 0.6) is 5.75 Å². The van der Waals surface area contributed by atoms with Crippen LogP contribution in [0.2, 0.25) is 0 Å². The lowest BCUT2D eigenvalue weighted by molar-refractivity contribution is -0.384. The molecule has 0 heterocycles. The molecule has 1 aliphatic rings. The maximum Gasteiger partial charge on any atom is 0.271 e. The van der Waals surface area contributed by atoms with Crippen molar-refractivity contribution < 1.29 is 9.66 Å². The summed E-state index contributed by atoms with van der Waals surface area (Å²) in [7, 11) is 0. The summed E-state index contributed by atoms with van der Waals surface area (Å²) in [6.45, 7) is 6.68. The number of hydrogen-bond acceptors (Lipinski definition) is 4. The molecule has 2 N–H and O–H groups in total. The van der Waals surface area contributed by atoms with Gasteiger partial charge in [0.05, 0.1) is 10.6 Å². The Labute approximate surface area is 125 Å². The van der Waals surface area contributed by atoms with Gasteiger partial charge in [0.25, 0.3) is 5.69 Å². The first-order valence-electron chi connectivity index (χ1n) is 7.59. The van der Waals surface area contributed by atoms with Gasteiger partial charge in [-0.25, -0.2) is 0 Å². The lowest BCUT2D eigenvalue weighted by Crippen LogP contribution is -2.36. The molecule has 0 radical (unpaired) electrons. The van der Waals surface area contributed by atoms with Crippen molar-refractivity contribution in [2.24, 2.45) is 17.8 Å². The van der Waals surface area contributed by atoms with Crippen LogP contribution in [0.1, 0.15) is 40.0 Å². The fourth-order valence-electron chi connectivity index (χ4n) is 3.17. The molecular formula is C16H24N2O3. The molecule has 0 bridgehead atoms. The van der Waals surface area contributed by atoms with E-state index < -0.39 is 4.92 Å². The van der Waals surface area contributed by atoms with Crippen molar-refractivity contribution in [3.8, 4) is 5.75 Å². The molecule has 0 aliphatic heterocycles. The van der Waals surface area contributed by atoms with Gasteiger partial charge in [-0.15, -0.1) is 0 Å². The minimum absolute atomic E-state index is 0.00253. The normalized spacial score (nSPS) is 25.8. The molecule has 1 saturated carbocycles. The number of nitrogens with two attached hydrogens (primary N) is 1. The molecule has 0 spiro atoms. The molecule has 3 unspecified atom stereocenters. The topological polar surface area (TPSA) is 78.4 Å². The number of nitro benzene ring substituents is 1. The molecule has 3 atom stereocenters. The number of rotatable bonds is 4. The van der Waals surface area contributed by atoms with Crippen molar-refractivity contribution in [3.05, 3.63) is 28.3 Å². The van der Waals surface area contributed by atoms with E-state index in [-0.39, 0.29) is 11.8 Å². The van der Waals surface area contributed by atoms with Crippen LogP contribution < -0.4 is 10.5 Å². The standard InChI is InChI=1S/C16H24N2O3/c1-10(2)13-6-4-11(3)8-16(13)21-15-7-5-12(18(19)20)9-14(15)17/h5,7,9-11,13,16H,4,6,8,17H2,1-3H3. The maximum atomic E-state index is 10.7. The van der Waals surface area contributed by atoms with E-state index in [2.05, 4.69) is 20.8 Å². The van der Waals surface area contributed by atoms with Gasteiger partial charge in [0.1, 0.15) is 11.9 Å². The lowest BCUT2D eigenvalue weighted by Gasteiger charge is -2.37. The van der Waals surface area contributed by atoms with Gasteiger partial charge in [0.2, 0.25) is 0 Å². The van der Waals surface area contributed by atoms with Crippen LogP contribution in [0.15, 0.2) is 18.2 Å². The van der Waals surface area contributed by atoms with Crippen LogP contribution in [0, 0.1) is 27.9 Å². The van der Waals surface area contributed by atoms with Crippen molar-refractivity contribution in [1.29, 1.82) is 0 Å². The van der Waals surface area contributed by atoms with Crippen LogP contribution in [0.4, 0.5) is 11.4 Å². The molecule has 2 rings (SSSR count). The summed E-state index contributed by atoms with van der Waals surface area (Å²) in [6.07, 6.45) is 3.55. The van der Waals surface area contributed by atoms with E-state index in [4.69, 9.17) is 10.5 Å². The van der Waals surface area contributed by atoms with E-state index in [1.54, 1.807) is 6.07 Å². The number of anilines is 1. The van der Waals surface area contributed by atoms with Gasteiger partial charge in [-0.05, 0) is 36.7 Å². The molecular weight excluding hydrogens is 268 g/mol. The van der Waals surface area contributed by atoms with Gasteiger partial charge >= 0.3 is 0 Å². The molecule has 5 nitrogen and oxygen atoms in total. The van der Waals surface area contributed by atoms with Gasteiger partial charge in [-0.1, -0.05) is 27.2 Å². The Bertz CT molecular complexity index is 516. The summed E-state index contributed by atoms with van der Waals surface area (Å²) < 4.78 is 6.12. The number of nitrogens with zero attached hydrogens (tertiary/aromatic N) is 1. The number of nitro groups is 1. The van der Waals surface area contributed by atoms with Crippen molar-refractivity contribution in [2.75, 3.05) is 5.73 Å². The lowest BCUT2D eigenvalue weighted by atomic mass is 9.75. The molecule has 0 aromatic heterocycles. The van der Waals surface area contributed by atoms with Crippen LogP contribution >= 0.6 is 0 Å². The number of non-ortho nitro benzene ring substituents is 1. The zero-order chi connectivity index (χ0) is 15.6. The highest BCUT2D eigenvalue weighted by molar-refractivity contribution is 5.58. The Kier molecular flexibility index (Phi) is 4.70. The molecule has 0 amide bonds. The van der Waals surface area contributed by atoms with Crippen LogP contribution in [0.3, 0.4) is 0 Å². The van der Waals surface area contributed by atoms with Crippen LogP contribution in [-0.4, -0.2) is 11.0 Å². The zero-order valence-corrected chi connectivity index (χ0v) is 12.9. The summed E-state index contributed by atoms with van der Waals surface area (Å²) in [4.78, 5) is 10.3. The highest BCUT2D eigenvalue weighted by atomic mass is 16.6. The van der Waals surface area contributed by atoms with Gasteiger partial charge in [-0.2, -0.15) is 0 Å². The number of nitrogen functional groups attached to an aromatic ring is 1. The largest absolute Gasteiger partial charge is 0.488 e. The predicted molar refractivity (Wildman–Crippen MR) is 83.3 cm³/mol. The van der Waals surface area contributed by atoms with Gasteiger partial charge in [0, 0.05) is 12.1 Å². The zero-order valence-electron chi connectivity index (χ0n) is 12.9. The van der Waals surface area contributed by atoms with Gasteiger partial charge in [-0.3, -0.25) is 10.1 Å². The first-order valence-corrected chi connectivity index (χ1v) is 7.59. The van der Waals surface area contributed by atoms with Crippen molar-refractivity contribution in [3.63, 3.8) is 0 Å². The summed E-state index contributed by atoms with van der Waals surface area (Å²) in [6, 6.07) is 4.43. The van der Waals surface area contributed by atoms with E-state index in [1.165, 1.54) is 18.6 Å². The fourth-order valence-corrected chi connectivity index (χ4v) is 3.17. The Morgan fingerprint density at radius 3 is 2.67 bits per heavy atom. The number of ether oxygens (including phenoxy) is 1. The Morgan fingerprint density at radius 2 is 2.10 bits per heavy atom. The van der Waals surface area contributed by atoms with Crippen molar-refractivity contribution in [1.82, 2.24) is 0 Å². The van der Waals surface area contributed by atoms with E-state index in [1.807, 2.05) is 0 Å². The second-order valence-electron chi connectivity index (χ2n) is 6.46. The van der Waals surface area contributed by atoms with E-state index >= 15 is 0 Å². The summed E-state index contributed by atoms with van der Waals surface area (Å²) in [5.74, 6) is 2.27. The van der Waals surface area contributed by atoms with Crippen LogP contribution in [0.25, 0.3) is 0 Å². The number of benzene rings is 1. The summed E-state index contributed by atoms with van der Waals surface area (Å²) in [5.41, 5.74) is 6.24. The molecule has 1 aromatic carbocycles. The first kappa shape index (κ1) is 15.6. The molecule has 21 heavy (non-hydrogen) atoms. The molecule has 116 valence electrons. The van der Waals surface area contributed by atoms with Gasteiger partial charge < -0.3 is 10.5 Å². The average molecular weight is 292 g/mol. The smallest absolute Gasteiger partial charge is 0.271 e. The molecule has 5 heteroatoms. The quantitative estimate of drug-likeness (QED) is 0.516. The van der Waals surface area contributed by atoms with E-state index in [0.29, 0.717) is 29.2 Å². The Balaban J connectivity index is 2.16. The van der Waals surface area contributed by atoms with Crippen LogP contribution in [-0.2, 0) is 0 Å². The average Bonchev–Trinajstić information content (AvgIpc) is 2.40. The maximum absolute atomic E-state index is 10.7. The Morgan fingerprint density at radius 1 is 1.38 bits per heavy atom. The molecule has 1 aromatic rings. The predicted octanol–water partition coefficient (Wildman–Crippen LogP) is 4.02. The molecule has 1 aliphatic carbocycles.